The number of nitrogens with zero attached hydrogens (tertiary/aromatic N) is 3. The molecular weight excluding hydrogens is 230 g/mol. The van der Waals surface area contributed by atoms with Gasteiger partial charge in [0.15, 0.2) is 0 Å². The first-order valence-corrected chi connectivity index (χ1v) is 6.37. The Labute approximate surface area is 107 Å². The Morgan fingerprint density at radius 1 is 1.33 bits per heavy atom. The van der Waals surface area contributed by atoms with E-state index in [0.29, 0.717) is 5.95 Å². The van der Waals surface area contributed by atoms with E-state index in [9.17, 15) is 4.79 Å². The SMILES string of the molecule is CN(c1ncccn1)C1(CC(=O)O)CCCCC1. The molecule has 5 nitrogen and oxygen atoms in total. The smallest absolute Gasteiger partial charge is 0.305 e. The van der Waals surface area contributed by atoms with Gasteiger partial charge in [0.2, 0.25) is 5.95 Å². The van der Waals surface area contributed by atoms with Crippen LogP contribution in [0.2, 0.25) is 0 Å². The number of rotatable bonds is 4. The zero-order valence-corrected chi connectivity index (χ0v) is 10.7. The molecule has 0 spiro atoms. The quantitative estimate of drug-likeness (QED) is 0.885. The van der Waals surface area contributed by atoms with Gasteiger partial charge in [-0.2, -0.15) is 0 Å². The molecule has 0 aromatic carbocycles. The number of carboxylic acid groups (broad SMARTS) is 1. The lowest BCUT2D eigenvalue weighted by Gasteiger charge is -2.43. The van der Waals surface area contributed by atoms with Gasteiger partial charge in [0.05, 0.1) is 12.0 Å². The van der Waals surface area contributed by atoms with Crippen LogP contribution in [0.3, 0.4) is 0 Å². The highest BCUT2D eigenvalue weighted by molar-refractivity contribution is 5.69. The molecule has 2 rings (SSSR count). The van der Waals surface area contributed by atoms with Crippen LogP contribution in [0.4, 0.5) is 5.95 Å². The molecule has 5 heteroatoms. The van der Waals surface area contributed by atoms with E-state index in [4.69, 9.17) is 5.11 Å². The van der Waals surface area contributed by atoms with Gasteiger partial charge in [-0.05, 0) is 18.9 Å². The fourth-order valence-electron chi connectivity index (χ4n) is 2.80. The summed E-state index contributed by atoms with van der Waals surface area (Å²) >= 11 is 0. The van der Waals surface area contributed by atoms with Gasteiger partial charge in [0.25, 0.3) is 0 Å². The average Bonchev–Trinajstić information content (AvgIpc) is 2.39. The van der Waals surface area contributed by atoms with E-state index in [1.807, 2.05) is 11.9 Å². The van der Waals surface area contributed by atoms with Crippen molar-refractivity contribution in [3.63, 3.8) is 0 Å². The summed E-state index contributed by atoms with van der Waals surface area (Å²) in [5, 5.41) is 9.16. The maximum atomic E-state index is 11.1. The van der Waals surface area contributed by atoms with E-state index in [0.717, 1.165) is 25.7 Å². The van der Waals surface area contributed by atoms with E-state index in [2.05, 4.69) is 9.97 Å². The highest BCUT2D eigenvalue weighted by Gasteiger charge is 2.39. The molecule has 1 aliphatic rings. The number of aromatic nitrogens is 2. The molecule has 1 saturated carbocycles. The van der Waals surface area contributed by atoms with Crippen molar-refractivity contribution in [2.45, 2.75) is 44.1 Å². The minimum absolute atomic E-state index is 0.155. The summed E-state index contributed by atoms with van der Waals surface area (Å²) in [4.78, 5) is 21.6. The van der Waals surface area contributed by atoms with Crippen LogP contribution in [0.25, 0.3) is 0 Å². The average molecular weight is 249 g/mol. The van der Waals surface area contributed by atoms with E-state index in [1.165, 1.54) is 6.42 Å². The lowest BCUT2D eigenvalue weighted by Crippen LogP contribution is -2.50. The van der Waals surface area contributed by atoms with E-state index in [-0.39, 0.29) is 12.0 Å². The Morgan fingerprint density at radius 2 is 1.94 bits per heavy atom. The van der Waals surface area contributed by atoms with Crippen LogP contribution in [0.15, 0.2) is 18.5 Å². The molecule has 1 aliphatic carbocycles. The molecule has 18 heavy (non-hydrogen) atoms. The number of hydrogen-bond donors (Lipinski definition) is 1. The van der Waals surface area contributed by atoms with Gasteiger partial charge in [0, 0.05) is 19.4 Å². The topological polar surface area (TPSA) is 66.3 Å². The molecule has 1 N–H and O–H groups in total. The zero-order valence-electron chi connectivity index (χ0n) is 10.7. The second kappa shape index (κ2) is 5.33. The van der Waals surface area contributed by atoms with Crippen molar-refractivity contribution in [2.75, 3.05) is 11.9 Å². The van der Waals surface area contributed by atoms with Crippen molar-refractivity contribution in [3.05, 3.63) is 18.5 Å². The first kappa shape index (κ1) is 12.8. The summed E-state index contributed by atoms with van der Waals surface area (Å²) < 4.78 is 0. The van der Waals surface area contributed by atoms with Crippen molar-refractivity contribution >= 4 is 11.9 Å². The zero-order chi connectivity index (χ0) is 13.0. The Morgan fingerprint density at radius 3 is 2.50 bits per heavy atom. The van der Waals surface area contributed by atoms with Crippen molar-refractivity contribution in [3.8, 4) is 0 Å². The summed E-state index contributed by atoms with van der Waals surface area (Å²) in [5.41, 5.74) is -0.328. The van der Waals surface area contributed by atoms with E-state index < -0.39 is 5.97 Å². The monoisotopic (exact) mass is 249 g/mol. The molecule has 0 saturated heterocycles. The molecule has 0 radical (unpaired) electrons. The van der Waals surface area contributed by atoms with Crippen LogP contribution in [-0.4, -0.2) is 33.6 Å². The molecule has 0 unspecified atom stereocenters. The maximum absolute atomic E-state index is 11.1. The van der Waals surface area contributed by atoms with Crippen molar-refractivity contribution in [2.24, 2.45) is 0 Å². The maximum Gasteiger partial charge on any atom is 0.305 e. The molecular formula is C13H19N3O2. The number of anilines is 1. The van der Waals surface area contributed by atoms with Crippen LogP contribution >= 0.6 is 0 Å². The Hall–Kier alpha value is -1.65. The van der Waals surface area contributed by atoms with Crippen LogP contribution < -0.4 is 4.90 Å². The van der Waals surface area contributed by atoms with Crippen LogP contribution in [0, 0.1) is 0 Å². The molecule has 1 aromatic rings. The molecule has 0 atom stereocenters. The normalized spacial score (nSPS) is 18.3. The highest BCUT2D eigenvalue weighted by Crippen LogP contribution is 2.37. The van der Waals surface area contributed by atoms with Gasteiger partial charge < -0.3 is 10.0 Å². The predicted molar refractivity (Wildman–Crippen MR) is 68.5 cm³/mol. The summed E-state index contributed by atoms with van der Waals surface area (Å²) in [5.74, 6) is -0.139. The molecule has 1 fully saturated rings. The third-order valence-corrected chi connectivity index (χ3v) is 3.83. The number of hydrogen-bond acceptors (Lipinski definition) is 4. The minimum atomic E-state index is -0.750. The molecule has 1 heterocycles. The number of carbonyl (C=O) groups is 1. The first-order chi connectivity index (χ1) is 8.64. The summed E-state index contributed by atoms with van der Waals surface area (Å²) in [6, 6.07) is 1.77. The van der Waals surface area contributed by atoms with Gasteiger partial charge in [-0.25, -0.2) is 9.97 Å². The molecule has 1 aromatic heterocycles. The molecule has 0 bridgehead atoms. The van der Waals surface area contributed by atoms with Crippen LogP contribution in [-0.2, 0) is 4.79 Å². The van der Waals surface area contributed by atoms with Crippen molar-refractivity contribution < 1.29 is 9.90 Å². The molecule has 0 amide bonds. The number of carboxylic acids is 1. The summed E-state index contributed by atoms with van der Waals surface area (Å²) in [6.45, 7) is 0. The standard InChI is InChI=1S/C13H19N3O2/c1-16(12-14-8-5-9-15-12)13(10-11(17)18)6-3-2-4-7-13/h5,8-9H,2-4,6-7,10H2,1H3,(H,17,18). The fraction of sp³-hybridized carbons (Fsp3) is 0.615. The Kier molecular flexibility index (Phi) is 3.79. The minimum Gasteiger partial charge on any atom is -0.481 e. The molecule has 98 valence electrons. The van der Waals surface area contributed by atoms with Gasteiger partial charge in [-0.15, -0.1) is 0 Å². The van der Waals surface area contributed by atoms with Crippen molar-refractivity contribution in [1.29, 1.82) is 0 Å². The van der Waals surface area contributed by atoms with Gasteiger partial charge in [-0.3, -0.25) is 4.79 Å². The lowest BCUT2D eigenvalue weighted by molar-refractivity contribution is -0.138. The second-order valence-electron chi connectivity index (χ2n) is 4.96. The molecule has 0 aliphatic heterocycles. The van der Waals surface area contributed by atoms with Gasteiger partial charge >= 0.3 is 5.97 Å². The van der Waals surface area contributed by atoms with Gasteiger partial charge in [-0.1, -0.05) is 19.3 Å². The lowest BCUT2D eigenvalue weighted by atomic mass is 9.78. The Balaban J connectivity index is 2.25. The van der Waals surface area contributed by atoms with Crippen LogP contribution in [0.1, 0.15) is 38.5 Å². The third-order valence-electron chi connectivity index (χ3n) is 3.83. The summed E-state index contributed by atoms with van der Waals surface area (Å²) in [6.07, 6.45) is 8.66. The summed E-state index contributed by atoms with van der Waals surface area (Å²) in [7, 11) is 1.91. The Bertz CT molecular complexity index is 402. The third kappa shape index (κ3) is 2.60. The van der Waals surface area contributed by atoms with Crippen LogP contribution in [0.5, 0.6) is 0 Å². The van der Waals surface area contributed by atoms with E-state index >= 15 is 0 Å². The fourth-order valence-corrected chi connectivity index (χ4v) is 2.80. The van der Waals surface area contributed by atoms with Crippen molar-refractivity contribution in [1.82, 2.24) is 9.97 Å². The van der Waals surface area contributed by atoms with Gasteiger partial charge in [0.1, 0.15) is 0 Å². The number of aliphatic carboxylic acids is 1. The second-order valence-corrected chi connectivity index (χ2v) is 4.96. The first-order valence-electron chi connectivity index (χ1n) is 6.37. The van der Waals surface area contributed by atoms with E-state index in [1.54, 1.807) is 18.5 Å². The predicted octanol–water partition coefficient (Wildman–Crippen LogP) is 2.09. The largest absolute Gasteiger partial charge is 0.481 e. The highest BCUT2D eigenvalue weighted by atomic mass is 16.4.